The molecule has 1 heterocycles. The van der Waals surface area contributed by atoms with Crippen LogP contribution in [0.4, 0.5) is 4.79 Å². The van der Waals surface area contributed by atoms with Crippen LogP contribution in [-0.2, 0) is 14.3 Å². The molecule has 8 heteroatoms. The van der Waals surface area contributed by atoms with E-state index in [1.54, 1.807) is 31.1 Å². The van der Waals surface area contributed by atoms with E-state index in [0.29, 0.717) is 11.6 Å². The maximum atomic E-state index is 14.0. The Morgan fingerprint density at radius 1 is 1.06 bits per heavy atom. The van der Waals surface area contributed by atoms with Gasteiger partial charge in [-0.1, -0.05) is 44.5 Å². The van der Waals surface area contributed by atoms with E-state index in [0.717, 1.165) is 5.56 Å². The normalized spacial score (nSPS) is 20.4. The number of hydrogen-bond donors (Lipinski definition) is 1. The molecule has 0 saturated carbocycles. The van der Waals surface area contributed by atoms with Crippen LogP contribution in [0.1, 0.15) is 53.0 Å². The molecule has 1 saturated heterocycles. The quantitative estimate of drug-likeness (QED) is 0.521. The van der Waals surface area contributed by atoms with Crippen LogP contribution < -0.4 is 5.32 Å². The van der Waals surface area contributed by atoms with Crippen molar-refractivity contribution in [2.75, 3.05) is 34.3 Å². The number of nitrogens with one attached hydrogen (secondary N) is 1. The van der Waals surface area contributed by atoms with Crippen molar-refractivity contribution in [2.24, 2.45) is 11.3 Å². The molecule has 184 valence electrons. The Morgan fingerprint density at radius 2 is 1.61 bits per heavy atom. The van der Waals surface area contributed by atoms with Gasteiger partial charge < -0.3 is 15.0 Å². The fourth-order valence-corrected chi connectivity index (χ4v) is 4.92. The lowest BCUT2D eigenvalue weighted by Gasteiger charge is -2.43. The molecule has 0 unspecified atom stereocenters. The number of methoxy groups -OCH3 is 1. The summed E-state index contributed by atoms with van der Waals surface area (Å²) in [5, 5.41) is 3.62. The minimum atomic E-state index is -0.651. The van der Waals surface area contributed by atoms with E-state index in [1.807, 2.05) is 53.7 Å². The van der Waals surface area contributed by atoms with Gasteiger partial charge in [-0.15, -0.1) is 0 Å². The average Bonchev–Trinajstić information content (AvgIpc) is 3.10. The van der Waals surface area contributed by atoms with Crippen LogP contribution in [0, 0.1) is 11.3 Å². The molecule has 1 aliphatic heterocycles. The van der Waals surface area contributed by atoms with Crippen LogP contribution in [-0.4, -0.2) is 73.2 Å². The van der Waals surface area contributed by atoms with Gasteiger partial charge in [0.1, 0.15) is 0 Å². The van der Waals surface area contributed by atoms with Gasteiger partial charge in [0.05, 0.1) is 27.1 Å². The van der Waals surface area contributed by atoms with Crippen molar-refractivity contribution in [3.05, 3.63) is 34.9 Å². The third kappa shape index (κ3) is 6.27. The van der Waals surface area contributed by atoms with Crippen LogP contribution in [0.2, 0.25) is 5.02 Å². The number of urea groups is 1. The minimum absolute atomic E-state index is 0.148. The maximum absolute atomic E-state index is 14.0. The summed E-state index contributed by atoms with van der Waals surface area (Å²) in [4.78, 5) is 41.5. The number of amides is 3. The van der Waals surface area contributed by atoms with Crippen molar-refractivity contribution in [3.8, 4) is 0 Å². The lowest BCUT2D eigenvalue weighted by Crippen LogP contribution is -2.68. The van der Waals surface area contributed by atoms with Gasteiger partial charge in [0, 0.05) is 35.0 Å². The van der Waals surface area contributed by atoms with E-state index in [1.165, 1.54) is 7.11 Å². The number of nitrogens with zero attached hydrogens (tertiary/aromatic N) is 2. The molecule has 1 aromatic rings. The Labute approximate surface area is 203 Å². The summed E-state index contributed by atoms with van der Waals surface area (Å²) >= 11 is 6.04. The van der Waals surface area contributed by atoms with Crippen molar-refractivity contribution in [2.45, 2.75) is 59.0 Å². The first kappa shape index (κ1) is 27.1. The summed E-state index contributed by atoms with van der Waals surface area (Å²) in [7, 11) is 4.89. The topological polar surface area (TPSA) is 75.7 Å². The highest BCUT2D eigenvalue weighted by molar-refractivity contribution is 6.30. The van der Waals surface area contributed by atoms with Crippen molar-refractivity contribution < 1.29 is 23.6 Å². The third-order valence-electron chi connectivity index (χ3n) is 6.14. The molecule has 1 aliphatic rings. The molecule has 3 atom stereocenters. The Kier molecular flexibility index (Phi) is 7.91. The van der Waals surface area contributed by atoms with Gasteiger partial charge >= 0.3 is 12.0 Å². The van der Waals surface area contributed by atoms with Crippen molar-refractivity contribution >= 4 is 29.5 Å². The Morgan fingerprint density at radius 3 is 2.06 bits per heavy atom. The monoisotopic (exact) mass is 480 g/mol. The SMILES string of the molecule is COC(=O)[C@@H]1CN(C(=O)[C@H](C(C)(C)C)[N+](C)(C)C(=O)NC(C)(C)C)C[C@H]1c1ccc(Cl)cc1. The van der Waals surface area contributed by atoms with Crippen molar-refractivity contribution in [1.29, 1.82) is 0 Å². The lowest BCUT2D eigenvalue weighted by atomic mass is 9.83. The molecule has 7 nitrogen and oxygen atoms in total. The van der Waals surface area contributed by atoms with Crippen LogP contribution in [0.5, 0.6) is 0 Å². The van der Waals surface area contributed by atoms with Crippen LogP contribution in [0.15, 0.2) is 24.3 Å². The van der Waals surface area contributed by atoms with E-state index in [-0.39, 0.29) is 34.9 Å². The number of likely N-dealkylation sites (tertiary alicyclic amines) is 1. The van der Waals surface area contributed by atoms with Crippen LogP contribution >= 0.6 is 11.6 Å². The van der Waals surface area contributed by atoms with Gasteiger partial charge in [0.25, 0.3) is 5.91 Å². The molecule has 0 spiro atoms. The number of carbonyl (C=O) groups is 3. The van der Waals surface area contributed by atoms with E-state index < -0.39 is 22.9 Å². The number of quaternary nitrogens is 1. The summed E-state index contributed by atoms with van der Waals surface area (Å²) in [5.41, 5.74) is -0.00677. The van der Waals surface area contributed by atoms with Crippen molar-refractivity contribution in [3.63, 3.8) is 0 Å². The first-order valence-corrected chi connectivity index (χ1v) is 11.6. The maximum Gasteiger partial charge on any atom is 0.417 e. The molecular weight excluding hydrogens is 442 g/mol. The van der Waals surface area contributed by atoms with Gasteiger partial charge in [-0.25, -0.2) is 9.28 Å². The smallest absolute Gasteiger partial charge is 0.417 e. The highest BCUT2D eigenvalue weighted by Gasteiger charge is 2.53. The predicted octanol–water partition coefficient (Wildman–Crippen LogP) is 4.05. The fourth-order valence-electron chi connectivity index (χ4n) is 4.79. The largest absolute Gasteiger partial charge is 0.469 e. The number of benzene rings is 1. The Bertz CT molecular complexity index is 884. The first-order valence-electron chi connectivity index (χ1n) is 11.3. The van der Waals surface area contributed by atoms with E-state index >= 15 is 0 Å². The zero-order valence-electron chi connectivity index (χ0n) is 21.4. The summed E-state index contributed by atoms with van der Waals surface area (Å²) < 4.78 is 4.91. The number of rotatable bonds is 4. The number of ether oxygens (including phenoxy) is 1. The summed E-state index contributed by atoms with van der Waals surface area (Å²) in [6.07, 6.45) is 0. The number of likely N-dealkylation sites (N-methyl/N-ethyl adjacent to an activating group) is 1. The molecule has 0 aromatic heterocycles. The second-order valence-corrected chi connectivity index (χ2v) is 12.0. The summed E-state index contributed by atoms with van der Waals surface area (Å²) in [5.74, 6) is -1.20. The number of carbonyl (C=O) groups excluding carboxylic acids is 3. The van der Waals surface area contributed by atoms with Gasteiger partial charge in [-0.2, -0.15) is 0 Å². The van der Waals surface area contributed by atoms with Gasteiger partial charge in [-0.3, -0.25) is 9.59 Å². The van der Waals surface area contributed by atoms with E-state index in [9.17, 15) is 14.4 Å². The van der Waals surface area contributed by atoms with Crippen LogP contribution in [0.3, 0.4) is 0 Å². The number of halogens is 1. The number of esters is 1. The number of hydrogen-bond acceptors (Lipinski definition) is 4. The van der Waals surface area contributed by atoms with Gasteiger partial charge in [0.15, 0.2) is 6.04 Å². The average molecular weight is 481 g/mol. The van der Waals surface area contributed by atoms with E-state index in [2.05, 4.69) is 5.32 Å². The minimum Gasteiger partial charge on any atom is -0.469 e. The highest BCUT2D eigenvalue weighted by atomic mass is 35.5. The third-order valence-corrected chi connectivity index (χ3v) is 6.39. The molecule has 33 heavy (non-hydrogen) atoms. The summed E-state index contributed by atoms with van der Waals surface area (Å²) in [6.45, 7) is 12.2. The standard InChI is InChI=1S/C25H38ClN3O4/c1-24(2,3)20(29(7,8)23(32)27-25(4,5)6)21(30)28-14-18(19(15-28)22(31)33-9)16-10-12-17(26)13-11-16/h10-13,18-20H,14-15H2,1-9H3/p+1/t18-,19+,20+/m0/s1. The van der Waals surface area contributed by atoms with Crippen LogP contribution in [0.25, 0.3) is 0 Å². The molecule has 0 radical (unpaired) electrons. The second-order valence-electron chi connectivity index (χ2n) is 11.5. The molecule has 0 bridgehead atoms. The molecule has 1 N–H and O–H groups in total. The highest BCUT2D eigenvalue weighted by Crippen LogP contribution is 2.37. The molecule has 3 amide bonds. The zero-order valence-corrected chi connectivity index (χ0v) is 22.1. The van der Waals surface area contributed by atoms with Gasteiger partial charge in [-0.05, 0) is 38.5 Å². The Hall–Kier alpha value is -2.12. The zero-order chi connectivity index (χ0) is 25.4. The summed E-state index contributed by atoms with van der Waals surface area (Å²) in [6, 6.07) is 6.45. The second kappa shape index (κ2) is 9.63. The van der Waals surface area contributed by atoms with Crippen molar-refractivity contribution in [1.82, 2.24) is 10.2 Å². The van der Waals surface area contributed by atoms with E-state index in [4.69, 9.17) is 16.3 Å². The first-order chi connectivity index (χ1) is 15.0. The lowest BCUT2D eigenvalue weighted by molar-refractivity contribution is -0.835. The fraction of sp³-hybridized carbons (Fsp3) is 0.640. The molecule has 1 fully saturated rings. The Balaban J connectivity index is 2.41. The predicted molar refractivity (Wildman–Crippen MR) is 130 cm³/mol. The molecule has 0 aliphatic carbocycles. The van der Waals surface area contributed by atoms with Gasteiger partial charge in [0.2, 0.25) is 0 Å². The molecule has 1 aromatic carbocycles. The molecular formula is C25H39ClN3O4+. The molecule has 2 rings (SSSR count).